The Hall–Kier alpha value is -0.0800. The van der Waals surface area contributed by atoms with Gasteiger partial charge in [-0.15, -0.1) is 0 Å². The molecule has 0 bridgehead atoms. The molecular formula is C16H34N2. The number of hydrogen-bond acceptors (Lipinski definition) is 2. The Morgan fingerprint density at radius 1 is 0.722 bits per heavy atom. The Morgan fingerprint density at radius 3 is 1.33 bits per heavy atom. The summed E-state index contributed by atoms with van der Waals surface area (Å²) in [4.78, 5) is 5.35. The summed E-state index contributed by atoms with van der Waals surface area (Å²) < 4.78 is 0. The van der Waals surface area contributed by atoms with Crippen LogP contribution >= 0.6 is 0 Å². The largest absolute Gasteiger partial charge is 0.301 e. The Labute approximate surface area is 115 Å². The van der Waals surface area contributed by atoms with E-state index >= 15 is 0 Å². The van der Waals surface area contributed by atoms with Crippen molar-refractivity contribution in [1.29, 1.82) is 0 Å². The molecule has 2 aliphatic rings. The summed E-state index contributed by atoms with van der Waals surface area (Å²) in [7, 11) is 0. The lowest BCUT2D eigenvalue weighted by molar-refractivity contribution is 0.0197. The molecule has 2 aliphatic heterocycles. The molecule has 2 saturated heterocycles. The SMILES string of the molecule is CC.CC(C)N1CCC2CN(C(C)C)CCC2C1. The number of piperidine rings is 2. The van der Waals surface area contributed by atoms with E-state index in [1.807, 2.05) is 13.8 Å². The van der Waals surface area contributed by atoms with Crippen molar-refractivity contribution in [2.24, 2.45) is 11.8 Å². The standard InChI is InChI=1S/C14H28N2.C2H6/c1-11(2)15-7-5-14-10-16(12(3)4)8-6-13(14)9-15;1-2/h11-14H,5-10H2,1-4H3;1-2H3. The molecule has 2 atom stereocenters. The molecule has 0 aromatic heterocycles. The molecule has 0 aromatic carbocycles. The van der Waals surface area contributed by atoms with Crippen LogP contribution in [0.25, 0.3) is 0 Å². The van der Waals surface area contributed by atoms with Gasteiger partial charge in [0, 0.05) is 25.2 Å². The molecule has 0 aromatic rings. The highest BCUT2D eigenvalue weighted by molar-refractivity contribution is 4.88. The second kappa shape index (κ2) is 7.49. The highest BCUT2D eigenvalue weighted by Crippen LogP contribution is 2.32. The minimum Gasteiger partial charge on any atom is -0.301 e. The zero-order chi connectivity index (χ0) is 13.7. The van der Waals surface area contributed by atoms with Crippen LogP contribution in [0, 0.1) is 11.8 Å². The molecule has 0 aliphatic carbocycles. The predicted molar refractivity (Wildman–Crippen MR) is 81.0 cm³/mol. The number of nitrogens with zero attached hydrogens (tertiary/aromatic N) is 2. The summed E-state index contributed by atoms with van der Waals surface area (Å²) in [5.74, 6) is 1.96. The van der Waals surface area contributed by atoms with Crippen LogP contribution in [0.15, 0.2) is 0 Å². The Bertz CT molecular complexity index is 201. The summed E-state index contributed by atoms with van der Waals surface area (Å²) >= 11 is 0. The topological polar surface area (TPSA) is 6.48 Å². The van der Waals surface area contributed by atoms with Crippen molar-refractivity contribution in [2.45, 2.75) is 66.5 Å². The fourth-order valence-electron chi connectivity index (χ4n) is 3.34. The maximum Gasteiger partial charge on any atom is 0.00387 e. The van der Waals surface area contributed by atoms with Gasteiger partial charge in [-0.1, -0.05) is 13.8 Å². The third kappa shape index (κ3) is 3.96. The first kappa shape index (κ1) is 16.0. The molecule has 0 amide bonds. The van der Waals surface area contributed by atoms with Gasteiger partial charge in [-0.25, -0.2) is 0 Å². The van der Waals surface area contributed by atoms with E-state index < -0.39 is 0 Å². The van der Waals surface area contributed by atoms with Crippen molar-refractivity contribution in [1.82, 2.24) is 9.80 Å². The van der Waals surface area contributed by atoms with Crippen LogP contribution in [0.2, 0.25) is 0 Å². The molecule has 0 saturated carbocycles. The zero-order valence-electron chi connectivity index (χ0n) is 13.4. The monoisotopic (exact) mass is 254 g/mol. The number of fused-ring (bicyclic) bond motifs is 1. The molecule has 18 heavy (non-hydrogen) atoms. The molecule has 2 heteroatoms. The number of rotatable bonds is 2. The lowest BCUT2D eigenvalue weighted by Gasteiger charge is -2.47. The van der Waals surface area contributed by atoms with Gasteiger partial charge in [-0.3, -0.25) is 0 Å². The smallest absolute Gasteiger partial charge is 0.00387 e. The second-order valence-corrected chi connectivity index (χ2v) is 6.27. The van der Waals surface area contributed by atoms with Gasteiger partial charge in [0.2, 0.25) is 0 Å². The van der Waals surface area contributed by atoms with E-state index in [0.717, 1.165) is 23.9 Å². The van der Waals surface area contributed by atoms with Crippen molar-refractivity contribution in [3.8, 4) is 0 Å². The van der Waals surface area contributed by atoms with Crippen molar-refractivity contribution < 1.29 is 0 Å². The Kier molecular flexibility index (Phi) is 6.65. The fraction of sp³-hybridized carbons (Fsp3) is 1.00. The summed E-state index contributed by atoms with van der Waals surface area (Å²) in [6, 6.07) is 1.48. The molecule has 2 fully saturated rings. The minimum absolute atomic E-state index is 0.740. The Balaban J connectivity index is 0.000000771. The van der Waals surface area contributed by atoms with Crippen LogP contribution in [0.5, 0.6) is 0 Å². The molecule has 2 rings (SSSR count). The van der Waals surface area contributed by atoms with Crippen molar-refractivity contribution in [2.75, 3.05) is 26.2 Å². The molecule has 0 N–H and O–H groups in total. The third-order valence-corrected chi connectivity index (χ3v) is 4.64. The van der Waals surface area contributed by atoms with E-state index in [4.69, 9.17) is 0 Å². The van der Waals surface area contributed by atoms with Crippen molar-refractivity contribution >= 4 is 0 Å². The van der Waals surface area contributed by atoms with Gasteiger partial charge >= 0.3 is 0 Å². The molecule has 0 spiro atoms. The lowest BCUT2D eigenvalue weighted by Crippen LogP contribution is -2.52. The Morgan fingerprint density at radius 2 is 1.06 bits per heavy atom. The first-order chi connectivity index (χ1) is 8.58. The quantitative estimate of drug-likeness (QED) is 0.744. The van der Waals surface area contributed by atoms with Crippen LogP contribution in [0.1, 0.15) is 54.4 Å². The second-order valence-electron chi connectivity index (χ2n) is 6.27. The van der Waals surface area contributed by atoms with E-state index in [9.17, 15) is 0 Å². The average molecular weight is 254 g/mol. The van der Waals surface area contributed by atoms with Crippen LogP contribution < -0.4 is 0 Å². The molecular weight excluding hydrogens is 220 g/mol. The van der Waals surface area contributed by atoms with Crippen LogP contribution in [0.3, 0.4) is 0 Å². The lowest BCUT2D eigenvalue weighted by atomic mass is 9.79. The summed E-state index contributed by atoms with van der Waals surface area (Å²) in [6.45, 7) is 18.7. The normalized spacial score (nSPS) is 30.0. The molecule has 0 radical (unpaired) electrons. The third-order valence-electron chi connectivity index (χ3n) is 4.64. The molecule has 2 nitrogen and oxygen atoms in total. The van der Waals surface area contributed by atoms with Gasteiger partial charge in [-0.2, -0.15) is 0 Å². The van der Waals surface area contributed by atoms with E-state index in [-0.39, 0.29) is 0 Å². The van der Waals surface area contributed by atoms with Gasteiger partial charge < -0.3 is 9.80 Å². The van der Waals surface area contributed by atoms with Crippen LogP contribution in [-0.4, -0.2) is 48.1 Å². The van der Waals surface area contributed by atoms with E-state index in [1.54, 1.807) is 0 Å². The van der Waals surface area contributed by atoms with Gasteiger partial charge in [0.15, 0.2) is 0 Å². The van der Waals surface area contributed by atoms with Gasteiger partial charge in [0.25, 0.3) is 0 Å². The highest BCUT2D eigenvalue weighted by Gasteiger charge is 2.34. The predicted octanol–water partition coefficient (Wildman–Crippen LogP) is 3.47. The summed E-state index contributed by atoms with van der Waals surface area (Å²) in [5, 5.41) is 0. The minimum atomic E-state index is 0.740. The van der Waals surface area contributed by atoms with Crippen molar-refractivity contribution in [3.05, 3.63) is 0 Å². The van der Waals surface area contributed by atoms with Crippen molar-refractivity contribution in [3.63, 3.8) is 0 Å². The first-order valence-corrected chi connectivity index (χ1v) is 8.06. The number of hydrogen-bond donors (Lipinski definition) is 0. The molecule has 108 valence electrons. The summed E-state index contributed by atoms with van der Waals surface area (Å²) in [5.41, 5.74) is 0. The maximum absolute atomic E-state index is 2.67. The van der Waals surface area contributed by atoms with E-state index in [2.05, 4.69) is 37.5 Å². The van der Waals surface area contributed by atoms with E-state index in [1.165, 1.54) is 39.0 Å². The van der Waals surface area contributed by atoms with Crippen LogP contribution in [-0.2, 0) is 0 Å². The summed E-state index contributed by atoms with van der Waals surface area (Å²) in [6.07, 6.45) is 2.85. The fourth-order valence-corrected chi connectivity index (χ4v) is 3.34. The number of likely N-dealkylation sites (tertiary alicyclic amines) is 2. The molecule has 2 unspecified atom stereocenters. The van der Waals surface area contributed by atoms with Crippen LogP contribution in [0.4, 0.5) is 0 Å². The van der Waals surface area contributed by atoms with Gasteiger partial charge in [-0.05, 0) is 65.5 Å². The first-order valence-electron chi connectivity index (χ1n) is 8.06. The van der Waals surface area contributed by atoms with E-state index in [0.29, 0.717) is 0 Å². The van der Waals surface area contributed by atoms with Gasteiger partial charge in [0.1, 0.15) is 0 Å². The maximum atomic E-state index is 2.67. The highest BCUT2D eigenvalue weighted by atomic mass is 15.2. The molecule has 2 heterocycles. The average Bonchev–Trinajstić information content (AvgIpc) is 2.39. The van der Waals surface area contributed by atoms with Gasteiger partial charge in [0.05, 0.1) is 0 Å². The zero-order valence-corrected chi connectivity index (χ0v) is 13.4.